The van der Waals surface area contributed by atoms with Gasteiger partial charge in [-0.1, -0.05) is 6.92 Å². The number of aromatic nitrogens is 2. The summed E-state index contributed by atoms with van der Waals surface area (Å²) in [5, 5.41) is 11.2. The Hall–Kier alpha value is -1.20. The van der Waals surface area contributed by atoms with Gasteiger partial charge >= 0.3 is 0 Å². The van der Waals surface area contributed by atoms with Crippen LogP contribution in [0, 0.1) is 0 Å². The lowest BCUT2D eigenvalue weighted by molar-refractivity contribution is 0.0540. The maximum Gasteiger partial charge on any atom is 0.233 e. The molecule has 1 aromatic rings. The second-order valence-electron chi connectivity index (χ2n) is 3.91. The fourth-order valence-corrected chi connectivity index (χ4v) is 1.20. The van der Waals surface area contributed by atoms with Crippen molar-refractivity contribution in [1.29, 1.82) is 0 Å². The van der Waals surface area contributed by atoms with E-state index in [9.17, 15) is 0 Å². The molecule has 0 spiro atoms. The van der Waals surface area contributed by atoms with Gasteiger partial charge in [-0.3, -0.25) is 0 Å². The van der Waals surface area contributed by atoms with Crippen molar-refractivity contribution in [2.45, 2.75) is 33.4 Å². The smallest absolute Gasteiger partial charge is 0.233 e. The highest BCUT2D eigenvalue weighted by Gasteiger charge is 1.99. The number of nitrogens with one attached hydrogen (secondary N) is 1. The molecule has 1 N–H and O–H groups in total. The van der Waals surface area contributed by atoms with Crippen LogP contribution in [0.4, 0.5) is 0 Å². The minimum Gasteiger partial charge on any atom is -0.474 e. The van der Waals surface area contributed by atoms with Crippen LogP contribution in [0.25, 0.3) is 0 Å². The van der Waals surface area contributed by atoms with Crippen LogP contribution >= 0.6 is 0 Å². The Morgan fingerprint density at radius 2 is 2.06 bits per heavy atom. The van der Waals surface area contributed by atoms with Gasteiger partial charge in [0.1, 0.15) is 6.61 Å². The van der Waals surface area contributed by atoms with Crippen LogP contribution in [0.3, 0.4) is 0 Å². The lowest BCUT2D eigenvalue weighted by Crippen LogP contribution is -2.14. The molecule has 0 aromatic carbocycles. The molecule has 0 amide bonds. The second kappa shape index (κ2) is 7.97. The second-order valence-corrected chi connectivity index (χ2v) is 3.91. The van der Waals surface area contributed by atoms with E-state index >= 15 is 0 Å². The van der Waals surface area contributed by atoms with Gasteiger partial charge in [0, 0.05) is 12.6 Å². The van der Waals surface area contributed by atoms with Gasteiger partial charge in [0.2, 0.25) is 5.88 Å². The number of hydrogen-bond donors (Lipinski definition) is 1. The van der Waals surface area contributed by atoms with E-state index in [0.29, 0.717) is 19.1 Å². The molecule has 1 aromatic heterocycles. The molecular formula is C12H21N3O2. The van der Waals surface area contributed by atoms with E-state index in [1.165, 1.54) is 0 Å². The standard InChI is InChI=1S/C12H21N3O2/c1-4-13-9-11-5-6-12(15-14-11)17-8-7-16-10(2)3/h5-6,10,13H,4,7-9H2,1-3H3. The summed E-state index contributed by atoms with van der Waals surface area (Å²) < 4.78 is 10.8. The molecule has 0 aliphatic carbocycles. The van der Waals surface area contributed by atoms with E-state index in [-0.39, 0.29) is 6.10 Å². The molecule has 0 atom stereocenters. The van der Waals surface area contributed by atoms with E-state index < -0.39 is 0 Å². The van der Waals surface area contributed by atoms with E-state index in [1.807, 2.05) is 26.0 Å². The first kappa shape index (κ1) is 13.9. The molecule has 5 heteroatoms. The maximum atomic E-state index is 5.40. The van der Waals surface area contributed by atoms with Gasteiger partial charge < -0.3 is 14.8 Å². The van der Waals surface area contributed by atoms with E-state index in [2.05, 4.69) is 22.4 Å². The normalized spacial score (nSPS) is 10.8. The van der Waals surface area contributed by atoms with E-state index in [1.54, 1.807) is 0 Å². The zero-order valence-corrected chi connectivity index (χ0v) is 10.8. The fourth-order valence-electron chi connectivity index (χ4n) is 1.20. The van der Waals surface area contributed by atoms with E-state index in [4.69, 9.17) is 9.47 Å². The number of hydrogen-bond acceptors (Lipinski definition) is 5. The molecule has 0 saturated heterocycles. The third kappa shape index (κ3) is 6.19. The molecule has 96 valence electrons. The van der Waals surface area contributed by atoms with Crippen molar-refractivity contribution in [3.05, 3.63) is 17.8 Å². The Labute approximate surface area is 103 Å². The SMILES string of the molecule is CCNCc1ccc(OCCOC(C)C)nn1. The summed E-state index contributed by atoms with van der Waals surface area (Å²) in [6.07, 6.45) is 0.229. The van der Waals surface area contributed by atoms with Crippen molar-refractivity contribution in [1.82, 2.24) is 15.5 Å². The van der Waals surface area contributed by atoms with Crippen LogP contribution in [0.2, 0.25) is 0 Å². The summed E-state index contributed by atoms with van der Waals surface area (Å²) in [4.78, 5) is 0. The average molecular weight is 239 g/mol. The molecule has 0 aliphatic heterocycles. The quantitative estimate of drug-likeness (QED) is 0.695. The van der Waals surface area contributed by atoms with Crippen LogP contribution < -0.4 is 10.1 Å². The van der Waals surface area contributed by atoms with Crippen LogP contribution in [0.5, 0.6) is 5.88 Å². The Morgan fingerprint density at radius 3 is 2.65 bits per heavy atom. The minimum absolute atomic E-state index is 0.229. The fraction of sp³-hybridized carbons (Fsp3) is 0.667. The van der Waals surface area contributed by atoms with Gasteiger partial charge in [-0.2, -0.15) is 5.10 Å². The first-order chi connectivity index (χ1) is 8.22. The summed E-state index contributed by atoms with van der Waals surface area (Å²) in [6, 6.07) is 3.74. The largest absolute Gasteiger partial charge is 0.474 e. The van der Waals surface area contributed by atoms with Crippen molar-refractivity contribution >= 4 is 0 Å². The summed E-state index contributed by atoms with van der Waals surface area (Å²) in [6.45, 7) is 8.77. The van der Waals surface area contributed by atoms with Gasteiger partial charge in [-0.25, -0.2) is 0 Å². The zero-order chi connectivity index (χ0) is 12.5. The maximum absolute atomic E-state index is 5.40. The monoisotopic (exact) mass is 239 g/mol. The van der Waals surface area contributed by atoms with Crippen molar-refractivity contribution in [2.24, 2.45) is 0 Å². The van der Waals surface area contributed by atoms with Crippen LogP contribution in [-0.2, 0) is 11.3 Å². The van der Waals surface area contributed by atoms with Gasteiger partial charge in [-0.15, -0.1) is 5.10 Å². The topological polar surface area (TPSA) is 56.3 Å². The van der Waals surface area contributed by atoms with Gasteiger partial charge in [0.05, 0.1) is 18.4 Å². The highest BCUT2D eigenvalue weighted by Crippen LogP contribution is 2.04. The minimum atomic E-state index is 0.229. The molecule has 17 heavy (non-hydrogen) atoms. The van der Waals surface area contributed by atoms with Crippen LogP contribution in [-0.4, -0.2) is 36.1 Å². The molecule has 1 heterocycles. The molecule has 1 rings (SSSR count). The Kier molecular flexibility index (Phi) is 6.50. The summed E-state index contributed by atoms with van der Waals surface area (Å²) >= 11 is 0. The van der Waals surface area contributed by atoms with Gasteiger partial charge in [0.25, 0.3) is 0 Å². The lowest BCUT2D eigenvalue weighted by Gasteiger charge is -2.08. The Balaban J connectivity index is 2.25. The molecular weight excluding hydrogens is 218 g/mol. The highest BCUT2D eigenvalue weighted by atomic mass is 16.5. The van der Waals surface area contributed by atoms with E-state index in [0.717, 1.165) is 18.8 Å². The third-order valence-corrected chi connectivity index (χ3v) is 2.04. The number of rotatable bonds is 8. The molecule has 0 unspecified atom stereocenters. The molecule has 0 radical (unpaired) electrons. The molecule has 0 aliphatic rings. The predicted molar refractivity (Wildman–Crippen MR) is 66.0 cm³/mol. The van der Waals surface area contributed by atoms with Crippen molar-refractivity contribution < 1.29 is 9.47 Å². The molecule has 0 fully saturated rings. The van der Waals surface area contributed by atoms with Crippen LogP contribution in [0.1, 0.15) is 26.5 Å². The van der Waals surface area contributed by atoms with Gasteiger partial charge in [0.15, 0.2) is 0 Å². The Bertz CT molecular complexity index is 301. The van der Waals surface area contributed by atoms with Gasteiger partial charge in [-0.05, 0) is 26.5 Å². The third-order valence-electron chi connectivity index (χ3n) is 2.04. The number of ether oxygens (including phenoxy) is 2. The first-order valence-electron chi connectivity index (χ1n) is 6.00. The summed E-state index contributed by atoms with van der Waals surface area (Å²) in [5.74, 6) is 0.539. The lowest BCUT2D eigenvalue weighted by atomic mass is 10.4. The van der Waals surface area contributed by atoms with Crippen molar-refractivity contribution in [2.75, 3.05) is 19.8 Å². The predicted octanol–water partition coefficient (Wildman–Crippen LogP) is 1.39. The first-order valence-corrected chi connectivity index (χ1v) is 6.00. The van der Waals surface area contributed by atoms with Crippen LogP contribution in [0.15, 0.2) is 12.1 Å². The Morgan fingerprint density at radius 1 is 1.24 bits per heavy atom. The number of nitrogens with zero attached hydrogens (tertiary/aromatic N) is 2. The molecule has 0 saturated carbocycles. The molecule has 0 bridgehead atoms. The summed E-state index contributed by atoms with van der Waals surface area (Å²) in [7, 11) is 0. The van der Waals surface area contributed by atoms with Crippen molar-refractivity contribution in [3.63, 3.8) is 0 Å². The highest BCUT2D eigenvalue weighted by molar-refractivity contribution is 5.11. The average Bonchev–Trinajstić information content (AvgIpc) is 2.33. The zero-order valence-electron chi connectivity index (χ0n) is 10.8. The molecule has 5 nitrogen and oxygen atoms in total. The summed E-state index contributed by atoms with van der Waals surface area (Å²) in [5.41, 5.74) is 0.914. The van der Waals surface area contributed by atoms with Crippen molar-refractivity contribution in [3.8, 4) is 5.88 Å².